The maximum atomic E-state index is 12.9. The van der Waals surface area contributed by atoms with Crippen molar-refractivity contribution < 1.29 is 14.0 Å². The van der Waals surface area contributed by atoms with Crippen LogP contribution in [0.5, 0.6) is 0 Å². The molecule has 0 atom stereocenters. The number of carbonyl (C=O) groups excluding carboxylic acids is 2. The van der Waals surface area contributed by atoms with Crippen LogP contribution in [0.3, 0.4) is 0 Å². The molecule has 1 fully saturated rings. The smallest absolute Gasteiger partial charge is 0.291 e. The van der Waals surface area contributed by atoms with E-state index >= 15 is 0 Å². The summed E-state index contributed by atoms with van der Waals surface area (Å²) in [6, 6.07) is 10.8. The second-order valence-corrected chi connectivity index (χ2v) is 6.81. The second kappa shape index (κ2) is 8.16. The number of piperidine rings is 1. The Balaban J connectivity index is 1.87. The molecule has 1 aliphatic heterocycles. The van der Waals surface area contributed by atoms with E-state index in [1.54, 1.807) is 23.1 Å². The zero-order valence-electron chi connectivity index (χ0n) is 13.7. The van der Waals surface area contributed by atoms with Gasteiger partial charge < -0.3 is 14.6 Å². The largest absolute Gasteiger partial charge is 0.459 e. The molecule has 0 unspecified atom stereocenters. The fourth-order valence-corrected chi connectivity index (χ4v) is 3.19. The number of halogens is 1. The number of hydrogen-bond donors (Lipinski definition) is 1. The lowest BCUT2D eigenvalue weighted by Crippen LogP contribution is -2.41. The van der Waals surface area contributed by atoms with Gasteiger partial charge in [-0.2, -0.15) is 0 Å². The molecule has 130 valence electrons. The molecule has 1 saturated heterocycles. The quantitative estimate of drug-likeness (QED) is 0.790. The first-order valence-corrected chi connectivity index (χ1v) is 9.04. The van der Waals surface area contributed by atoms with Crippen LogP contribution in [0.15, 0.2) is 57.2 Å². The predicted molar refractivity (Wildman–Crippen MR) is 98.7 cm³/mol. The summed E-state index contributed by atoms with van der Waals surface area (Å²) < 4.78 is 6.02. The van der Waals surface area contributed by atoms with Crippen molar-refractivity contribution in [2.45, 2.75) is 19.3 Å². The molecule has 0 aliphatic carbocycles. The molecule has 1 aromatic carbocycles. The topological polar surface area (TPSA) is 62.6 Å². The highest BCUT2D eigenvalue weighted by atomic mass is 79.9. The van der Waals surface area contributed by atoms with Gasteiger partial charge in [0.15, 0.2) is 5.76 Å². The molecule has 1 aromatic heterocycles. The SMILES string of the molecule is O=C(NC(=Cc1cccc(Br)c1)C(=O)N1CCCCC1)c1ccco1. The van der Waals surface area contributed by atoms with Gasteiger partial charge in [0.1, 0.15) is 5.70 Å². The molecule has 5 nitrogen and oxygen atoms in total. The van der Waals surface area contributed by atoms with Crippen molar-refractivity contribution in [1.29, 1.82) is 0 Å². The minimum absolute atomic E-state index is 0.167. The average molecular weight is 403 g/mol. The summed E-state index contributed by atoms with van der Waals surface area (Å²) in [6.07, 6.45) is 6.24. The van der Waals surface area contributed by atoms with Gasteiger partial charge in [0, 0.05) is 17.6 Å². The van der Waals surface area contributed by atoms with Crippen LogP contribution < -0.4 is 5.32 Å². The van der Waals surface area contributed by atoms with Crippen molar-refractivity contribution in [2.75, 3.05) is 13.1 Å². The van der Waals surface area contributed by atoms with Crippen molar-refractivity contribution in [3.05, 3.63) is 64.2 Å². The average Bonchev–Trinajstić information content (AvgIpc) is 3.16. The van der Waals surface area contributed by atoms with Crippen molar-refractivity contribution in [3.8, 4) is 0 Å². The van der Waals surface area contributed by atoms with Crippen LogP contribution in [0.2, 0.25) is 0 Å². The monoisotopic (exact) mass is 402 g/mol. The summed E-state index contributed by atoms with van der Waals surface area (Å²) in [5.41, 5.74) is 1.08. The maximum Gasteiger partial charge on any atom is 0.291 e. The summed E-state index contributed by atoms with van der Waals surface area (Å²) in [7, 11) is 0. The molecule has 0 bridgehead atoms. The molecular weight excluding hydrogens is 384 g/mol. The second-order valence-electron chi connectivity index (χ2n) is 5.90. The number of benzene rings is 1. The molecular formula is C19H19BrN2O3. The molecule has 2 aromatic rings. The van der Waals surface area contributed by atoms with Crippen LogP contribution in [0.4, 0.5) is 0 Å². The zero-order chi connectivity index (χ0) is 17.6. The lowest BCUT2D eigenvalue weighted by atomic mass is 10.1. The van der Waals surface area contributed by atoms with E-state index < -0.39 is 5.91 Å². The molecule has 1 N–H and O–H groups in total. The summed E-state index contributed by atoms with van der Waals surface area (Å²) in [5, 5.41) is 2.71. The van der Waals surface area contributed by atoms with Gasteiger partial charge in [-0.15, -0.1) is 0 Å². The van der Waals surface area contributed by atoms with E-state index in [4.69, 9.17) is 4.42 Å². The fourth-order valence-electron chi connectivity index (χ4n) is 2.77. The van der Waals surface area contributed by atoms with Crippen LogP contribution in [0, 0.1) is 0 Å². The first-order valence-electron chi connectivity index (χ1n) is 8.25. The fraction of sp³-hybridized carbons (Fsp3) is 0.263. The Morgan fingerprint density at radius 2 is 1.92 bits per heavy atom. The summed E-state index contributed by atoms with van der Waals surface area (Å²) in [5.74, 6) is -0.428. The molecule has 6 heteroatoms. The van der Waals surface area contributed by atoms with Crippen molar-refractivity contribution in [1.82, 2.24) is 10.2 Å². The lowest BCUT2D eigenvalue weighted by molar-refractivity contribution is -0.128. The van der Waals surface area contributed by atoms with Gasteiger partial charge in [0.05, 0.1) is 6.26 Å². The highest BCUT2D eigenvalue weighted by Crippen LogP contribution is 2.17. The molecule has 0 spiro atoms. The third-order valence-corrected chi connectivity index (χ3v) is 4.52. The maximum absolute atomic E-state index is 12.9. The number of nitrogens with one attached hydrogen (secondary N) is 1. The van der Waals surface area contributed by atoms with Crippen LogP contribution >= 0.6 is 15.9 Å². The molecule has 2 amide bonds. The Labute approximate surface area is 154 Å². The van der Waals surface area contributed by atoms with Gasteiger partial charge in [-0.05, 0) is 55.2 Å². The number of hydrogen-bond acceptors (Lipinski definition) is 3. The van der Waals surface area contributed by atoms with E-state index in [0.717, 1.165) is 29.3 Å². The third kappa shape index (κ3) is 4.60. The Morgan fingerprint density at radius 1 is 1.12 bits per heavy atom. The molecule has 1 aliphatic rings. The highest BCUT2D eigenvalue weighted by molar-refractivity contribution is 9.10. The minimum atomic E-state index is -0.434. The van der Waals surface area contributed by atoms with Crippen LogP contribution in [-0.2, 0) is 4.79 Å². The molecule has 25 heavy (non-hydrogen) atoms. The van der Waals surface area contributed by atoms with Crippen molar-refractivity contribution in [2.24, 2.45) is 0 Å². The van der Waals surface area contributed by atoms with Gasteiger partial charge in [-0.1, -0.05) is 28.1 Å². The van der Waals surface area contributed by atoms with E-state index in [0.29, 0.717) is 13.1 Å². The Hall–Kier alpha value is -2.34. The molecule has 2 heterocycles. The zero-order valence-corrected chi connectivity index (χ0v) is 15.3. The first kappa shape index (κ1) is 17.5. The molecule has 3 rings (SSSR count). The number of amides is 2. The highest BCUT2D eigenvalue weighted by Gasteiger charge is 2.23. The minimum Gasteiger partial charge on any atom is -0.459 e. The number of rotatable bonds is 4. The van der Waals surface area contributed by atoms with E-state index in [2.05, 4.69) is 21.2 Å². The van der Waals surface area contributed by atoms with Crippen LogP contribution in [-0.4, -0.2) is 29.8 Å². The van der Waals surface area contributed by atoms with Gasteiger partial charge in [-0.3, -0.25) is 9.59 Å². The van der Waals surface area contributed by atoms with Gasteiger partial charge >= 0.3 is 0 Å². The summed E-state index contributed by atoms with van der Waals surface area (Å²) in [6.45, 7) is 1.43. The Morgan fingerprint density at radius 3 is 2.60 bits per heavy atom. The molecule has 0 radical (unpaired) electrons. The van der Waals surface area contributed by atoms with Crippen LogP contribution in [0.25, 0.3) is 6.08 Å². The number of carbonyl (C=O) groups is 2. The van der Waals surface area contributed by atoms with E-state index in [-0.39, 0.29) is 17.4 Å². The first-order chi connectivity index (χ1) is 12.1. The number of furan rings is 1. The Kier molecular flexibility index (Phi) is 5.71. The Bertz CT molecular complexity index is 778. The van der Waals surface area contributed by atoms with Gasteiger partial charge in [0.25, 0.3) is 11.8 Å². The normalized spacial score (nSPS) is 15.1. The van der Waals surface area contributed by atoms with Gasteiger partial charge in [-0.25, -0.2) is 0 Å². The molecule has 0 saturated carbocycles. The number of nitrogens with zero attached hydrogens (tertiary/aromatic N) is 1. The van der Waals surface area contributed by atoms with E-state index in [9.17, 15) is 9.59 Å². The number of likely N-dealkylation sites (tertiary alicyclic amines) is 1. The lowest BCUT2D eigenvalue weighted by Gasteiger charge is -2.27. The van der Waals surface area contributed by atoms with Crippen molar-refractivity contribution >= 4 is 33.8 Å². The van der Waals surface area contributed by atoms with Gasteiger partial charge in [0.2, 0.25) is 0 Å². The predicted octanol–water partition coefficient (Wildman–Crippen LogP) is 3.83. The van der Waals surface area contributed by atoms with Crippen LogP contribution in [0.1, 0.15) is 35.4 Å². The summed E-state index contributed by atoms with van der Waals surface area (Å²) in [4.78, 5) is 27.0. The van der Waals surface area contributed by atoms with E-state index in [1.165, 1.54) is 6.26 Å². The van der Waals surface area contributed by atoms with E-state index in [1.807, 2.05) is 24.3 Å². The summed E-state index contributed by atoms with van der Waals surface area (Å²) >= 11 is 3.42. The standard InChI is InChI=1S/C19H19BrN2O3/c20-15-7-4-6-14(12-15)13-16(19(24)22-9-2-1-3-10-22)21-18(23)17-8-5-11-25-17/h4-8,11-13H,1-3,9-10H2,(H,21,23). The third-order valence-electron chi connectivity index (χ3n) is 4.03. The van der Waals surface area contributed by atoms with Crippen molar-refractivity contribution in [3.63, 3.8) is 0 Å².